The Morgan fingerprint density at radius 2 is 1.76 bits per heavy atom. The topological polar surface area (TPSA) is 112 Å². The molecule has 2 heterocycles. The van der Waals surface area contributed by atoms with Crippen LogP contribution in [0.3, 0.4) is 0 Å². The van der Waals surface area contributed by atoms with Gasteiger partial charge < -0.3 is 10.2 Å². The first kappa shape index (κ1) is 23.7. The Morgan fingerprint density at radius 1 is 1.09 bits per heavy atom. The second kappa shape index (κ2) is 10.6. The van der Waals surface area contributed by atoms with Gasteiger partial charge in [0.2, 0.25) is 17.7 Å². The first-order valence-corrected chi connectivity index (χ1v) is 12.5. The number of likely N-dealkylation sites (tertiary alicyclic amines) is 1. The molecule has 2 atom stereocenters. The van der Waals surface area contributed by atoms with Crippen molar-refractivity contribution in [2.24, 2.45) is 17.3 Å². The molecule has 33 heavy (non-hydrogen) atoms. The van der Waals surface area contributed by atoms with Gasteiger partial charge in [-0.1, -0.05) is 44.9 Å². The van der Waals surface area contributed by atoms with Gasteiger partial charge in [-0.05, 0) is 49.7 Å². The molecule has 3 amide bonds. The lowest BCUT2D eigenvalue weighted by atomic mass is 9.74. The summed E-state index contributed by atoms with van der Waals surface area (Å²) in [5, 5.41) is 12.2. The number of anilines is 1. The molecule has 3 fully saturated rings. The molecule has 2 aliphatic carbocycles. The van der Waals surface area contributed by atoms with Crippen LogP contribution in [0.25, 0.3) is 0 Å². The fourth-order valence-corrected chi connectivity index (χ4v) is 6.36. The van der Waals surface area contributed by atoms with E-state index in [1.807, 2.05) is 0 Å². The molecule has 8 heteroatoms. The molecule has 0 bridgehead atoms. The van der Waals surface area contributed by atoms with E-state index in [1.54, 1.807) is 34.9 Å². The zero-order valence-electron chi connectivity index (χ0n) is 19.3. The summed E-state index contributed by atoms with van der Waals surface area (Å²) in [6.45, 7) is 0.467. The van der Waals surface area contributed by atoms with Crippen molar-refractivity contribution < 1.29 is 19.6 Å². The normalized spacial score (nSPS) is 25.2. The average Bonchev–Trinajstić information content (AvgIpc) is 3.45. The lowest BCUT2D eigenvalue weighted by Crippen LogP contribution is -2.52. The van der Waals surface area contributed by atoms with E-state index in [1.165, 1.54) is 0 Å². The number of aromatic nitrogens is 1. The van der Waals surface area contributed by atoms with E-state index in [9.17, 15) is 19.6 Å². The molecule has 1 saturated heterocycles. The maximum Gasteiger partial charge on any atom is 0.247 e. The molecule has 8 nitrogen and oxygen atoms in total. The quantitative estimate of drug-likeness (QED) is 0.408. The molecular weight excluding hydrogens is 420 g/mol. The average molecular weight is 457 g/mol. The Bertz CT molecular complexity index is 836. The molecule has 0 spiro atoms. The summed E-state index contributed by atoms with van der Waals surface area (Å²) in [5.74, 6) is -0.264. The van der Waals surface area contributed by atoms with Crippen molar-refractivity contribution in [1.82, 2.24) is 15.4 Å². The van der Waals surface area contributed by atoms with Gasteiger partial charge in [0.1, 0.15) is 6.04 Å². The van der Waals surface area contributed by atoms with Crippen molar-refractivity contribution in [2.45, 2.75) is 83.1 Å². The minimum absolute atomic E-state index is 0.0291. The minimum Gasteiger partial charge on any atom is -0.330 e. The summed E-state index contributed by atoms with van der Waals surface area (Å²) in [5.41, 5.74) is 1.55. The van der Waals surface area contributed by atoms with E-state index in [0.717, 1.165) is 57.8 Å². The molecule has 1 aromatic rings. The van der Waals surface area contributed by atoms with Crippen LogP contribution >= 0.6 is 0 Å². The van der Waals surface area contributed by atoms with Gasteiger partial charge >= 0.3 is 0 Å². The van der Waals surface area contributed by atoms with Crippen LogP contribution in [0.1, 0.15) is 77.0 Å². The van der Waals surface area contributed by atoms with E-state index in [4.69, 9.17) is 0 Å². The SMILES string of the molecule is O=C(C[C@]1(CC2CCCC2)CCN([C@@H](C(=O)Nc2ccncc2)C2CCCCC2)C1=O)NO. The summed E-state index contributed by atoms with van der Waals surface area (Å²) in [6, 6.07) is 2.95. The van der Waals surface area contributed by atoms with Gasteiger partial charge in [0.05, 0.1) is 5.41 Å². The molecule has 4 rings (SSSR count). The van der Waals surface area contributed by atoms with Crippen LogP contribution in [0.4, 0.5) is 5.69 Å². The number of rotatable bonds is 8. The summed E-state index contributed by atoms with van der Waals surface area (Å²) in [4.78, 5) is 45.5. The van der Waals surface area contributed by atoms with E-state index >= 15 is 0 Å². The highest BCUT2D eigenvalue weighted by atomic mass is 16.5. The van der Waals surface area contributed by atoms with Crippen LogP contribution in [-0.2, 0) is 14.4 Å². The predicted octanol–water partition coefficient (Wildman–Crippen LogP) is 3.66. The van der Waals surface area contributed by atoms with Crippen molar-refractivity contribution in [1.29, 1.82) is 0 Å². The third kappa shape index (κ3) is 5.37. The number of hydrogen-bond donors (Lipinski definition) is 3. The highest BCUT2D eigenvalue weighted by Crippen LogP contribution is 2.46. The van der Waals surface area contributed by atoms with Gasteiger partial charge in [0.25, 0.3) is 0 Å². The second-order valence-electron chi connectivity index (χ2n) is 10.2. The monoisotopic (exact) mass is 456 g/mol. The first-order valence-electron chi connectivity index (χ1n) is 12.5. The highest BCUT2D eigenvalue weighted by Gasteiger charge is 2.53. The fourth-order valence-electron chi connectivity index (χ4n) is 6.36. The van der Waals surface area contributed by atoms with Crippen LogP contribution in [-0.4, -0.2) is 45.4 Å². The van der Waals surface area contributed by atoms with Crippen LogP contribution in [0.5, 0.6) is 0 Å². The van der Waals surface area contributed by atoms with Crippen LogP contribution in [0.2, 0.25) is 0 Å². The zero-order valence-corrected chi connectivity index (χ0v) is 19.3. The van der Waals surface area contributed by atoms with Gasteiger partial charge in [-0.3, -0.25) is 24.6 Å². The van der Waals surface area contributed by atoms with Crippen molar-refractivity contribution in [2.75, 3.05) is 11.9 Å². The third-order valence-corrected chi connectivity index (χ3v) is 7.97. The van der Waals surface area contributed by atoms with Gasteiger partial charge in [0, 0.05) is 31.0 Å². The number of nitrogens with one attached hydrogen (secondary N) is 2. The molecule has 1 aliphatic heterocycles. The molecule has 180 valence electrons. The first-order chi connectivity index (χ1) is 16.0. The maximum absolute atomic E-state index is 14.0. The molecule has 2 saturated carbocycles. The number of hydroxylamine groups is 1. The summed E-state index contributed by atoms with van der Waals surface area (Å²) >= 11 is 0. The molecule has 3 N–H and O–H groups in total. The summed E-state index contributed by atoms with van der Waals surface area (Å²) in [6.07, 6.45) is 14.0. The van der Waals surface area contributed by atoms with Gasteiger partial charge in [-0.25, -0.2) is 5.48 Å². The third-order valence-electron chi connectivity index (χ3n) is 7.97. The van der Waals surface area contributed by atoms with E-state index in [0.29, 0.717) is 31.0 Å². The Labute approximate surface area is 195 Å². The molecule has 0 aromatic carbocycles. The standard InChI is InChI=1S/C25H36N4O4/c30-21(28-33)17-25(16-18-6-4-5-7-18)12-15-29(24(25)32)22(19-8-2-1-3-9-19)23(31)27-20-10-13-26-14-11-20/h10-11,13-14,18-19,22,33H,1-9,12,15-17H2,(H,28,30)(H,26,27,31)/t22-,25-/m1/s1. The van der Waals surface area contributed by atoms with Gasteiger partial charge in [-0.15, -0.1) is 0 Å². The fraction of sp³-hybridized carbons (Fsp3) is 0.680. The van der Waals surface area contributed by atoms with Gasteiger partial charge in [-0.2, -0.15) is 0 Å². The predicted molar refractivity (Wildman–Crippen MR) is 123 cm³/mol. The van der Waals surface area contributed by atoms with E-state index in [-0.39, 0.29) is 24.2 Å². The lowest BCUT2D eigenvalue weighted by Gasteiger charge is -2.37. The smallest absolute Gasteiger partial charge is 0.247 e. The molecular formula is C25H36N4O4. The van der Waals surface area contributed by atoms with Crippen molar-refractivity contribution in [3.63, 3.8) is 0 Å². The molecule has 3 aliphatic rings. The summed E-state index contributed by atoms with van der Waals surface area (Å²) in [7, 11) is 0. The maximum atomic E-state index is 14.0. The second-order valence-corrected chi connectivity index (χ2v) is 10.2. The Kier molecular flexibility index (Phi) is 7.63. The number of nitrogens with zero attached hydrogens (tertiary/aromatic N) is 2. The van der Waals surface area contributed by atoms with Crippen LogP contribution in [0.15, 0.2) is 24.5 Å². The number of hydrogen-bond acceptors (Lipinski definition) is 5. The summed E-state index contributed by atoms with van der Waals surface area (Å²) < 4.78 is 0. The minimum atomic E-state index is -0.842. The number of pyridine rings is 1. The Balaban J connectivity index is 1.59. The molecule has 1 aromatic heterocycles. The largest absolute Gasteiger partial charge is 0.330 e. The van der Waals surface area contributed by atoms with Crippen LogP contribution in [0, 0.1) is 17.3 Å². The van der Waals surface area contributed by atoms with Crippen LogP contribution < -0.4 is 10.8 Å². The van der Waals surface area contributed by atoms with Gasteiger partial charge in [0.15, 0.2) is 0 Å². The number of amides is 3. The zero-order chi connectivity index (χ0) is 23.3. The Hall–Kier alpha value is -2.48. The van der Waals surface area contributed by atoms with E-state index in [2.05, 4.69) is 10.3 Å². The number of carbonyl (C=O) groups is 3. The lowest BCUT2D eigenvalue weighted by molar-refractivity contribution is -0.147. The number of carbonyl (C=O) groups excluding carboxylic acids is 3. The van der Waals surface area contributed by atoms with Crippen molar-refractivity contribution >= 4 is 23.4 Å². The highest BCUT2D eigenvalue weighted by molar-refractivity contribution is 5.99. The Morgan fingerprint density at radius 3 is 2.42 bits per heavy atom. The molecule has 0 radical (unpaired) electrons. The van der Waals surface area contributed by atoms with Crippen molar-refractivity contribution in [3.05, 3.63) is 24.5 Å². The van der Waals surface area contributed by atoms with Crippen molar-refractivity contribution in [3.8, 4) is 0 Å². The molecule has 0 unspecified atom stereocenters. The van der Waals surface area contributed by atoms with E-state index < -0.39 is 17.4 Å².